The number of nitrogens with zero attached hydrogens (tertiary/aromatic N) is 1. The van der Waals surface area contributed by atoms with Crippen molar-refractivity contribution in [3.63, 3.8) is 0 Å². The summed E-state index contributed by atoms with van der Waals surface area (Å²) in [6.07, 6.45) is 1.38. The Morgan fingerprint density at radius 1 is 1.07 bits per heavy atom. The Balaban J connectivity index is 1.83. The van der Waals surface area contributed by atoms with E-state index in [-0.39, 0.29) is 10.9 Å². The van der Waals surface area contributed by atoms with Gasteiger partial charge in [-0.1, -0.05) is 52.3 Å². The monoisotopic (exact) mass is 465 g/mol. The minimum Gasteiger partial charge on any atom is -0.466 e. The molecule has 1 aliphatic heterocycles. The van der Waals surface area contributed by atoms with Crippen molar-refractivity contribution < 1.29 is 17.9 Å². The fourth-order valence-corrected chi connectivity index (χ4v) is 5.53. The molecule has 1 aliphatic rings. The van der Waals surface area contributed by atoms with Gasteiger partial charge in [0, 0.05) is 17.6 Å². The first-order valence-electron chi connectivity index (χ1n) is 9.35. The molecule has 0 aromatic heterocycles. The summed E-state index contributed by atoms with van der Waals surface area (Å²) in [6.45, 7) is 2.68. The van der Waals surface area contributed by atoms with Gasteiger partial charge in [0.25, 0.3) is 0 Å². The van der Waals surface area contributed by atoms with Gasteiger partial charge in [-0.05, 0) is 49.9 Å². The van der Waals surface area contributed by atoms with Gasteiger partial charge in [0.1, 0.15) is 0 Å². The molecular formula is C21H24BrNO4S. The van der Waals surface area contributed by atoms with Gasteiger partial charge in [-0.15, -0.1) is 0 Å². The molecule has 0 saturated carbocycles. The number of esters is 1. The molecule has 0 N–H and O–H groups in total. The maximum absolute atomic E-state index is 12.9. The molecule has 0 radical (unpaired) electrons. The highest BCUT2D eigenvalue weighted by Crippen LogP contribution is 2.39. The average molecular weight is 466 g/mol. The highest BCUT2D eigenvalue weighted by molar-refractivity contribution is 9.10. The SMILES string of the molecule is CCOC(=O)C1(Cc2ccccc2Br)CCN(S(=O)(=O)c2ccccc2)CC1. The van der Waals surface area contributed by atoms with Crippen LogP contribution in [0.1, 0.15) is 25.3 Å². The van der Waals surface area contributed by atoms with Crippen molar-refractivity contribution in [2.45, 2.75) is 31.1 Å². The Kier molecular flexibility index (Phi) is 6.58. The molecule has 2 aromatic rings. The minimum absolute atomic E-state index is 0.248. The van der Waals surface area contributed by atoms with Crippen molar-refractivity contribution in [1.29, 1.82) is 0 Å². The molecule has 0 amide bonds. The zero-order chi connectivity index (χ0) is 20.2. The van der Waals surface area contributed by atoms with Crippen LogP contribution in [-0.4, -0.2) is 38.4 Å². The normalized spacial score (nSPS) is 17.2. The van der Waals surface area contributed by atoms with Crippen LogP contribution >= 0.6 is 15.9 Å². The lowest BCUT2D eigenvalue weighted by atomic mass is 9.74. The van der Waals surface area contributed by atoms with Gasteiger partial charge in [-0.3, -0.25) is 4.79 Å². The molecule has 0 bridgehead atoms. The van der Waals surface area contributed by atoms with E-state index in [1.165, 1.54) is 4.31 Å². The summed E-state index contributed by atoms with van der Waals surface area (Å²) in [6, 6.07) is 16.2. The summed E-state index contributed by atoms with van der Waals surface area (Å²) < 4.78 is 33.6. The second-order valence-electron chi connectivity index (χ2n) is 6.99. The quantitative estimate of drug-likeness (QED) is 0.604. The predicted octanol–water partition coefficient (Wildman–Crippen LogP) is 4.03. The summed E-state index contributed by atoms with van der Waals surface area (Å²) in [5.41, 5.74) is 0.303. The minimum atomic E-state index is -3.56. The van der Waals surface area contributed by atoms with E-state index in [1.54, 1.807) is 37.3 Å². The lowest BCUT2D eigenvalue weighted by molar-refractivity contribution is -0.158. The Morgan fingerprint density at radius 2 is 1.68 bits per heavy atom. The summed E-state index contributed by atoms with van der Waals surface area (Å²) in [5, 5.41) is 0. The fourth-order valence-electron chi connectivity index (χ4n) is 3.64. The van der Waals surface area contributed by atoms with E-state index in [9.17, 15) is 13.2 Å². The number of benzene rings is 2. The van der Waals surface area contributed by atoms with Crippen molar-refractivity contribution >= 4 is 31.9 Å². The van der Waals surface area contributed by atoms with Gasteiger partial charge >= 0.3 is 5.97 Å². The number of carbonyl (C=O) groups is 1. The van der Waals surface area contributed by atoms with Gasteiger partial charge in [0.05, 0.1) is 16.9 Å². The molecule has 1 fully saturated rings. The summed E-state index contributed by atoms with van der Waals surface area (Å²) in [7, 11) is -3.56. The molecule has 150 valence electrons. The molecule has 0 spiro atoms. The van der Waals surface area contributed by atoms with E-state index < -0.39 is 15.4 Å². The molecule has 7 heteroatoms. The van der Waals surface area contributed by atoms with Crippen LogP contribution in [0.15, 0.2) is 64.0 Å². The molecular weight excluding hydrogens is 442 g/mol. The molecule has 0 atom stereocenters. The van der Waals surface area contributed by atoms with Crippen LogP contribution in [0.25, 0.3) is 0 Å². The van der Waals surface area contributed by atoms with Gasteiger partial charge in [-0.2, -0.15) is 4.31 Å². The van der Waals surface area contributed by atoms with E-state index >= 15 is 0 Å². The molecule has 28 heavy (non-hydrogen) atoms. The third-order valence-electron chi connectivity index (χ3n) is 5.26. The highest BCUT2D eigenvalue weighted by atomic mass is 79.9. The van der Waals surface area contributed by atoms with E-state index in [0.717, 1.165) is 10.0 Å². The van der Waals surface area contributed by atoms with Crippen molar-refractivity contribution in [1.82, 2.24) is 4.31 Å². The molecule has 2 aromatic carbocycles. The van der Waals surface area contributed by atoms with Gasteiger partial charge in [0.2, 0.25) is 10.0 Å². The Labute approximate surface area is 174 Å². The lowest BCUT2D eigenvalue weighted by Gasteiger charge is -2.39. The first-order valence-corrected chi connectivity index (χ1v) is 11.6. The third-order valence-corrected chi connectivity index (χ3v) is 7.94. The lowest BCUT2D eigenvalue weighted by Crippen LogP contribution is -2.48. The van der Waals surface area contributed by atoms with E-state index in [4.69, 9.17) is 4.74 Å². The van der Waals surface area contributed by atoms with Crippen LogP contribution < -0.4 is 0 Å². The molecule has 5 nitrogen and oxygen atoms in total. The number of rotatable bonds is 6. The number of carbonyl (C=O) groups excluding carboxylic acids is 1. The number of sulfonamides is 1. The molecule has 3 rings (SSSR count). The zero-order valence-electron chi connectivity index (χ0n) is 15.8. The van der Waals surface area contributed by atoms with Crippen LogP contribution in [0.2, 0.25) is 0 Å². The number of hydrogen-bond donors (Lipinski definition) is 0. The average Bonchev–Trinajstić information content (AvgIpc) is 2.71. The zero-order valence-corrected chi connectivity index (χ0v) is 18.2. The second kappa shape index (κ2) is 8.76. The van der Waals surface area contributed by atoms with Crippen LogP contribution in [0, 0.1) is 5.41 Å². The third kappa shape index (κ3) is 4.31. The Hall–Kier alpha value is -1.70. The highest BCUT2D eigenvalue weighted by Gasteiger charge is 2.45. The Morgan fingerprint density at radius 3 is 2.29 bits per heavy atom. The predicted molar refractivity (Wildman–Crippen MR) is 111 cm³/mol. The molecule has 1 saturated heterocycles. The largest absolute Gasteiger partial charge is 0.466 e. The number of ether oxygens (including phenoxy) is 1. The smallest absolute Gasteiger partial charge is 0.312 e. The molecule has 0 unspecified atom stereocenters. The number of piperidine rings is 1. The van der Waals surface area contributed by atoms with Crippen LogP contribution in [0.4, 0.5) is 0 Å². The van der Waals surface area contributed by atoms with Crippen LogP contribution in [0.3, 0.4) is 0 Å². The summed E-state index contributed by atoms with van der Waals surface area (Å²) in [4.78, 5) is 13.1. The number of halogens is 1. The van der Waals surface area contributed by atoms with Crippen LogP contribution in [-0.2, 0) is 26.0 Å². The molecule has 0 aliphatic carbocycles. The standard InChI is InChI=1S/C21H24BrNO4S/c1-2-27-20(24)21(16-17-8-6-7-11-19(17)22)12-14-23(15-13-21)28(25,26)18-9-4-3-5-10-18/h3-11H,2,12-16H2,1H3. The van der Waals surface area contributed by atoms with Crippen molar-refractivity contribution in [3.05, 3.63) is 64.6 Å². The van der Waals surface area contributed by atoms with E-state index in [1.807, 2.05) is 24.3 Å². The summed E-state index contributed by atoms with van der Waals surface area (Å²) >= 11 is 3.55. The molecule has 1 heterocycles. The first kappa shape index (κ1) is 21.0. The van der Waals surface area contributed by atoms with Gasteiger partial charge < -0.3 is 4.74 Å². The fraction of sp³-hybridized carbons (Fsp3) is 0.381. The van der Waals surface area contributed by atoms with Gasteiger partial charge in [-0.25, -0.2) is 8.42 Å². The van der Waals surface area contributed by atoms with Crippen LogP contribution in [0.5, 0.6) is 0 Å². The van der Waals surface area contributed by atoms with Crippen molar-refractivity contribution in [2.75, 3.05) is 19.7 Å². The van der Waals surface area contributed by atoms with Crippen molar-refractivity contribution in [2.24, 2.45) is 5.41 Å². The number of hydrogen-bond acceptors (Lipinski definition) is 4. The first-order chi connectivity index (χ1) is 13.4. The van der Waals surface area contributed by atoms with Gasteiger partial charge in [0.15, 0.2) is 0 Å². The Bertz CT molecular complexity index is 922. The summed E-state index contributed by atoms with van der Waals surface area (Å²) in [5.74, 6) is -0.248. The van der Waals surface area contributed by atoms with Crippen molar-refractivity contribution in [3.8, 4) is 0 Å². The topological polar surface area (TPSA) is 63.7 Å². The van der Waals surface area contributed by atoms with E-state index in [0.29, 0.717) is 39.0 Å². The second-order valence-corrected chi connectivity index (χ2v) is 9.78. The maximum Gasteiger partial charge on any atom is 0.312 e. The maximum atomic E-state index is 12.9. The van der Waals surface area contributed by atoms with E-state index in [2.05, 4.69) is 15.9 Å².